The molecular formula is C29H31F4N3O3S. The molecule has 1 unspecified atom stereocenters. The van der Waals surface area contributed by atoms with E-state index in [1.165, 1.54) is 0 Å². The molecule has 11 heteroatoms. The van der Waals surface area contributed by atoms with Gasteiger partial charge in [-0.05, 0) is 61.9 Å². The van der Waals surface area contributed by atoms with Gasteiger partial charge in [0.1, 0.15) is 5.82 Å². The second-order valence-electron chi connectivity index (χ2n) is 10.1. The van der Waals surface area contributed by atoms with E-state index in [0.29, 0.717) is 43.6 Å². The summed E-state index contributed by atoms with van der Waals surface area (Å²) in [5.74, 6) is -0.949. The number of halogens is 4. The number of nitrogens with zero attached hydrogens (tertiary/aromatic N) is 3. The molecule has 2 aliphatic rings. The van der Waals surface area contributed by atoms with Gasteiger partial charge in [-0.25, -0.2) is 12.8 Å². The van der Waals surface area contributed by atoms with Crippen LogP contribution in [0.25, 0.3) is 0 Å². The molecule has 214 valence electrons. The van der Waals surface area contributed by atoms with Gasteiger partial charge in [-0.2, -0.15) is 13.2 Å². The molecule has 0 amide bonds. The number of morpholine rings is 1. The van der Waals surface area contributed by atoms with Crippen LogP contribution < -0.4 is 14.7 Å². The van der Waals surface area contributed by atoms with Crippen LogP contribution in [0.4, 0.5) is 34.6 Å². The van der Waals surface area contributed by atoms with Crippen LogP contribution in [0.2, 0.25) is 0 Å². The average molecular weight is 578 g/mol. The Hall–Kier alpha value is -3.31. The maximum Gasteiger partial charge on any atom is 0.418 e. The molecule has 40 heavy (non-hydrogen) atoms. The topological polar surface area (TPSA) is 53.1 Å². The maximum absolute atomic E-state index is 14.1. The molecule has 6 nitrogen and oxygen atoms in total. The van der Waals surface area contributed by atoms with Crippen LogP contribution >= 0.6 is 0 Å². The summed E-state index contributed by atoms with van der Waals surface area (Å²) in [6, 6.07) is 14.4. The summed E-state index contributed by atoms with van der Waals surface area (Å²) in [6.07, 6.45) is -4.70. The first kappa shape index (κ1) is 28.2. The van der Waals surface area contributed by atoms with Crippen molar-refractivity contribution >= 4 is 26.9 Å². The monoisotopic (exact) mass is 577 g/mol. The van der Waals surface area contributed by atoms with Gasteiger partial charge in [-0.15, -0.1) is 0 Å². The van der Waals surface area contributed by atoms with Gasteiger partial charge in [0.2, 0.25) is 9.84 Å². The van der Waals surface area contributed by atoms with E-state index >= 15 is 0 Å². The third-order valence-electron chi connectivity index (χ3n) is 7.59. The minimum Gasteiger partial charge on any atom is -0.378 e. The number of benzene rings is 3. The van der Waals surface area contributed by atoms with Gasteiger partial charge in [-0.1, -0.05) is 18.2 Å². The lowest BCUT2D eigenvalue weighted by molar-refractivity contribution is -0.137. The van der Waals surface area contributed by atoms with Crippen molar-refractivity contribution in [3.8, 4) is 0 Å². The molecule has 0 N–H and O–H groups in total. The zero-order valence-corrected chi connectivity index (χ0v) is 23.1. The van der Waals surface area contributed by atoms with Crippen LogP contribution in [0.15, 0.2) is 70.5 Å². The van der Waals surface area contributed by atoms with E-state index in [9.17, 15) is 26.0 Å². The van der Waals surface area contributed by atoms with Crippen LogP contribution in [-0.2, 0) is 20.8 Å². The summed E-state index contributed by atoms with van der Waals surface area (Å²) in [7, 11) is -3.93. The lowest BCUT2D eigenvalue weighted by Gasteiger charge is -2.43. The molecule has 0 bridgehead atoms. The van der Waals surface area contributed by atoms with Crippen LogP contribution in [0.3, 0.4) is 0 Å². The zero-order valence-electron chi connectivity index (χ0n) is 22.3. The van der Waals surface area contributed by atoms with E-state index in [2.05, 4.69) is 4.90 Å². The van der Waals surface area contributed by atoms with Crippen molar-refractivity contribution in [2.24, 2.45) is 0 Å². The number of hydrogen-bond acceptors (Lipinski definition) is 6. The highest BCUT2D eigenvalue weighted by molar-refractivity contribution is 7.91. The molecular weight excluding hydrogens is 546 g/mol. The van der Waals surface area contributed by atoms with Crippen molar-refractivity contribution in [1.82, 2.24) is 0 Å². The number of hydrogen-bond donors (Lipinski definition) is 0. The van der Waals surface area contributed by atoms with Gasteiger partial charge in [-0.3, -0.25) is 0 Å². The van der Waals surface area contributed by atoms with Gasteiger partial charge in [0.15, 0.2) is 0 Å². The number of sulfone groups is 1. The summed E-state index contributed by atoms with van der Waals surface area (Å²) in [4.78, 5) is 5.99. The van der Waals surface area contributed by atoms with Gasteiger partial charge in [0, 0.05) is 50.1 Å². The third kappa shape index (κ3) is 5.36. The lowest BCUT2D eigenvalue weighted by atomic mass is 10.1. The Bertz CT molecular complexity index is 1490. The molecule has 2 fully saturated rings. The molecule has 0 spiro atoms. The predicted molar refractivity (Wildman–Crippen MR) is 147 cm³/mol. The van der Waals surface area contributed by atoms with Crippen LogP contribution in [0.5, 0.6) is 0 Å². The smallest absolute Gasteiger partial charge is 0.378 e. The maximum atomic E-state index is 14.1. The number of para-hydroxylation sites is 1. The Balaban J connectivity index is 1.45. The van der Waals surface area contributed by atoms with Crippen molar-refractivity contribution in [3.05, 3.63) is 77.6 Å². The standard InChI is InChI=1S/C29H31F4N3O3S/c1-20-19-35(25-11-10-22(30)18-23(25)29(31,32)33)12-13-36(20)26-6-3-4-8-28(26)40(37,38)27-9-5-7-24(21(27)2)34-14-16-39-17-15-34/h3-11,18,20H,12-17,19H2,1-2H3. The Morgan fingerprint density at radius 1 is 0.825 bits per heavy atom. The second-order valence-corrected chi connectivity index (χ2v) is 12.0. The normalized spacial score (nSPS) is 18.8. The van der Waals surface area contributed by atoms with Crippen molar-refractivity contribution in [2.75, 3.05) is 60.6 Å². The van der Waals surface area contributed by atoms with Gasteiger partial charge < -0.3 is 19.4 Å². The fourth-order valence-electron chi connectivity index (χ4n) is 5.63. The Morgan fingerprint density at radius 3 is 2.20 bits per heavy atom. The van der Waals surface area contributed by atoms with Crippen LogP contribution in [0.1, 0.15) is 18.1 Å². The molecule has 0 radical (unpaired) electrons. The molecule has 3 aromatic carbocycles. The molecule has 2 saturated heterocycles. The average Bonchev–Trinajstić information content (AvgIpc) is 2.93. The Labute approximate surface area is 231 Å². The molecule has 0 aliphatic carbocycles. The van der Waals surface area contributed by atoms with Crippen molar-refractivity contribution in [3.63, 3.8) is 0 Å². The molecule has 0 saturated carbocycles. The summed E-state index contributed by atoms with van der Waals surface area (Å²) < 4.78 is 88.3. The van der Waals surface area contributed by atoms with Crippen molar-refractivity contribution in [2.45, 2.75) is 35.9 Å². The SMILES string of the molecule is Cc1c(N2CCOCC2)cccc1S(=O)(=O)c1ccccc1N1CCN(c2ccc(F)cc2C(F)(F)F)CC1C. The largest absolute Gasteiger partial charge is 0.418 e. The van der Waals surface area contributed by atoms with E-state index in [-0.39, 0.29) is 41.2 Å². The fraction of sp³-hybridized carbons (Fsp3) is 0.379. The van der Waals surface area contributed by atoms with Crippen LogP contribution in [0, 0.1) is 12.7 Å². The van der Waals surface area contributed by atoms with E-state index in [1.54, 1.807) is 41.3 Å². The van der Waals surface area contributed by atoms with E-state index < -0.39 is 27.4 Å². The van der Waals surface area contributed by atoms with E-state index in [1.807, 2.05) is 24.8 Å². The van der Waals surface area contributed by atoms with Crippen LogP contribution in [-0.4, -0.2) is 60.4 Å². The van der Waals surface area contributed by atoms with Crippen molar-refractivity contribution in [1.29, 1.82) is 0 Å². The van der Waals surface area contributed by atoms with Gasteiger partial charge in [0.05, 0.1) is 34.3 Å². The molecule has 2 heterocycles. The summed E-state index contributed by atoms with van der Waals surface area (Å²) in [6.45, 7) is 6.85. The summed E-state index contributed by atoms with van der Waals surface area (Å²) in [5, 5.41) is 0. The molecule has 0 aromatic heterocycles. The highest BCUT2D eigenvalue weighted by Crippen LogP contribution is 2.40. The predicted octanol–water partition coefficient (Wildman–Crippen LogP) is 5.54. The number of piperazine rings is 1. The van der Waals surface area contributed by atoms with E-state index in [4.69, 9.17) is 4.74 Å². The molecule has 3 aromatic rings. The fourth-order valence-corrected chi connectivity index (χ4v) is 7.35. The Morgan fingerprint density at radius 2 is 1.50 bits per heavy atom. The minimum atomic E-state index is -4.70. The van der Waals surface area contributed by atoms with Crippen molar-refractivity contribution < 1.29 is 30.7 Å². The van der Waals surface area contributed by atoms with E-state index in [0.717, 1.165) is 17.8 Å². The number of ether oxygens (including phenoxy) is 1. The number of rotatable bonds is 5. The first-order valence-electron chi connectivity index (χ1n) is 13.1. The molecule has 5 rings (SSSR count). The second kappa shape index (κ2) is 10.9. The number of alkyl halides is 3. The first-order valence-corrected chi connectivity index (χ1v) is 14.6. The summed E-state index contributed by atoms with van der Waals surface area (Å²) in [5.41, 5.74) is 0.904. The third-order valence-corrected chi connectivity index (χ3v) is 9.54. The summed E-state index contributed by atoms with van der Waals surface area (Å²) >= 11 is 0. The lowest BCUT2D eigenvalue weighted by Crippen LogP contribution is -2.52. The Kier molecular flexibility index (Phi) is 7.71. The zero-order chi connectivity index (χ0) is 28.7. The molecule has 2 aliphatic heterocycles. The quantitative estimate of drug-likeness (QED) is 0.372. The van der Waals surface area contributed by atoms with Gasteiger partial charge >= 0.3 is 6.18 Å². The van der Waals surface area contributed by atoms with Gasteiger partial charge in [0.25, 0.3) is 0 Å². The number of anilines is 3. The first-order chi connectivity index (χ1) is 19.0. The highest BCUT2D eigenvalue weighted by atomic mass is 32.2. The minimum absolute atomic E-state index is 0.0862. The molecule has 1 atom stereocenters. The highest BCUT2D eigenvalue weighted by Gasteiger charge is 2.37.